The summed E-state index contributed by atoms with van der Waals surface area (Å²) in [7, 11) is -3.60. The summed E-state index contributed by atoms with van der Waals surface area (Å²) in [4.78, 5) is 13.9. The number of hydrogen-bond donors (Lipinski definition) is 1. The summed E-state index contributed by atoms with van der Waals surface area (Å²) in [5.41, 5.74) is -0.0504. The summed E-state index contributed by atoms with van der Waals surface area (Å²) in [6.07, 6.45) is 0. The van der Waals surface area contributed by atoms with Crippen molar-refractivity contribution < 1.29 is 17.6 Å². The fourth-order valence-corrected chi connectivity index (χ4v) is 4.57. The standard InChI is InChI=1S/C17H25ClFN3O3S/c1-17(2,3)20-16(23)11-21-6-8-22(9-7-21)26(24,25)12-13-10-14(19)4-5-15(13)18/h4-5,10H,6-9,11-12H2,1-3H3,(H,20,23). The largest absolute Gasteiger partial charge is 0.350 e. The van der Waals surface area contributed by atoms with E-state index in [4.69, 9.17) is 11.6 Å². The van der Waals surface area contributed by atoms with Gasteiger partial charge in [-0.3, -0.25) is 9.69 Å². The second-order valence-electron chi connectivity index (χ2n) is 7.47. The Kier molecular flexibility index (Phi) is 6.65. The molecule has 0 aliphatic carbocycles. The molecule has 0 radical (unpaired) electrons. The summed E-state index contributed by atoms with van der Waals surface area (Å²) in [6.45, 7) is 7.48. The van der Waals surface area contributed by atoms with Crippen molar-refractivity contribution in [2.45, 2.75) is 32.1 Å². The molecule has 6 nitrogen and oxygen atoms in total. The number of benzene rings is 1. The van der Waals surface area contributed by atoms with E-state index in [-0.39, 0.29) is 47.4 Å². The molecule has 9 heteroatoms. The number of rotatable bonds is 5. The van der Waals surface area contributed by atoms with Crippen molar-refractivity contribution in [3.63, 3.8) is 0 Å². The zero-order valence-electron chi connectivity index (χ0n) is 15.3. The lowest BCUT2D eigenvalue weighted by Crippen LogP contribution is -2.52. The summed E-state index contributed by atoms with van der Waals surface area (Å²) in [5, 5.41) is 3.12. The molecule has 1 amide bonds. The van der Waals surface area contributed by atoms with E-state index >= 15 is 0 Å². The van der Waals surface area contributed by atoms with Gasteiger partial charge in [0.1, 0.15) is 5.82 Å². The van der Waals surface area contributed by atoms with Gasteiger partial charge in [0.25, 0.3) is 0 Å². The Morgan fingerprint density at radius 3 is 2.42 bits per heavy atom. The number of carbonyl (C=O) groups excluding carboxylic acids is 1. The Balaban J connectivity index is 1.92. The maximum Gasteiger partial charge on any atom is 0.234 e. The third kappa shape index (κ3) is 6.19. The van der Waals surface area contributed by atoms with Crippen LogP contribution in [0.4, 0.5) is 4.39 Å². The van der Waals surface area contributed by atoms with Gasteiger partial charge < -0.3 is 5.32 Å². The van der Waals surface area contributed by atoms with Crippen molar-refractivity contribution in [2.75, 3.05) is 32.7 Å². The van der Waals surface area contributed by atoms with Crippen molar-refractivity contribution in [3.8, 4) is 0 Å². The molecule has 0 aromatic heterocycles. The molecule has 0 bridgehead atoms. The minimum atomic E-state index is -3.60. The van der Waals surface area contributed by atoms with Gasteiger partial charge in [0.05, 0.1) is 12.3 Å². The third-order valence-electron chi connectivity index (χ3n) is 3.95. The molecule has 146 valence electrons. The van der Waals surface area contributed by atoms with E-state index in [0.717, 1.165) is 6.07 Å². The van der Waals surface area contributed by atoms with Crippen LogP contribution in [0.15, 0.2) is 18.2 Å². The first kappa shape index (κ1) is 21.1. The van der Waals surface area contributed by atoms with Crippen LogP contribution >= 0.6 is 11.6 Å². The van der Waals surface area contributed by atoms with Crippen LogP contribution in [-0.2, 0) is 20.6 Å². The number of nitrogens with one attached hydrogen (secondary N) is 1. The maximum absolute atomic E-state index is 13.3. The molecule has 1 fully saturated rings. The predicted octanol–water partition coefficient (Wildman–Crippen LogP) is 1.84. The highest BCUT2D eigenvalue weighted by atomic mass is 35.5. The molecule has 1 aliphatic heterocycles. The summed E-state index contributed by atoms with van der Waals surface area (Å²) < 4.78 is 39.9. The van der Waals surface area contributed by atoms with Gasteiger partial charge in [0, 0.05) is 36.7 Å². The zero-order valence-corrected chi connectivity index (χ0v) is 16.8. The molecule has 0 saturated carbocycles. The van der Waals surface area contributed by atoms with Gasteiger partial charge in [-0.25, -0.2) is 12.8 Å². The van der Waals surface area contributed by atoms with E-state index in [0.29, 0.717) is 13.1 Å². The monoisotopic (exact) mass is 405 g/mol. The molecule has 1 aliphatic rings. The second kappa shape index (κ2) is 8.21. The van der Waals surface area contributed by atoms with E-state index in [1.807, 2.05) is 25.7 Å². The molecule has 0 atom stereocenters. The molecule has 2 rings (SSSR count). The molecular weight excluding hydrogens is 381 g/mol. The fourth-order valence-electron chi connectivity index (χ4n) is 2.77. The van der Waals surface area contributed by atoms with Crippen molar-refractivity contribution in [2.24, 2.45) is 0 Å². The highest BCUT2D eigenvalue weighted by Gasteiger charge is 2.29. The summed E-state index contributed by atoms with van der Waals surface area (Å²) in [6, 6.07) is 3.69. The van der Waals surface area contributed by atoms with E-state index in [1.54, 1.807) is 0 Å². The quantitative estimate of drug-likeness (QED) is 0.811. The van der Waals surface area contributed by atoms with Crippen LogP contribution in [0.3, 0.4) is 0 Å². The third-order valence-corrected chi connectivity index (χ3v) is 6.15. The predicted molar refractivity (Wildman–Crippen MR) is 99.9 cm³/mol. The highest BCUT2D eigenvalue weighted by molar-refractivity contribution is 7.88. The lowest BCUT2D eigenvalue weighted by atomic mass is 10.1. The van der Waals surface area contributed by atoms with Gasteiger partial charge in [-0.15, -0.1) is 0 Å². The molecule has 1 saturated heterocycles. The number of sulfonamides is 1. The Bertz CT molecular complexity index is 757. The molecular formula is C17H25ClFN3O3S. The van der Waals surface area contributed by atoms with Gasteiger partial charge in [-0.05, 0) is 44.5 Å². The van der Waals surface area contributed by atoms with Crippen LogP contribution in [0.1, 0.15) is 26.3 Å². The first-order chi connectivity index (χ1) is 12.0. The topological polar surface area (TPSA) is 69.7 Å². The summed E-state index contributed by atoms with van der Waals surface area (Å²) in [5.74, 6) is -0.941. The van der Waals surface area contributed by atoms with Gasteiger partial charge in [-0.2, -0.15) is 4.31 Å². The van der Waals surface area contributed by atoms with Crippen LogP contribution in [0.2, 0.25) is 5.02 Å². The Hall–Kier alpha value is -1.22. The van der Waals surface area contributed by atoms with Crippen molar-refractivity contribution in [1.82, 2.24) is 14.5 Å². The smallest absolute Gasteiger partial charge is 0.234 e. The van der Waals surface area contributed by atoms with E-state index in [1.165, 1.54) is 16.4 Å². The Labute approximate surface area is 159 Å². The number of halogens is 2. The number of carbonyl (C=O) groups is 1. The number of amides is 1. The molecule has 1 N–H and O–H groups in total. The van der Waals surface area contributed by atoms with Gasteiger partial charge in [0.2, 0.25) is 15.9 Å². The normalized spacial score (nSPS) is 17.3. The number of nitrogens with zero attached hydrogens (tertiary/aromatic N) is 2. The lowest BCUT2D eigenvalue weighted by molar-refractivity contribution is -0.123. The first-order valence-electron chi connectivity index (χ1n) is 8.41. The number of piperazine rings is 1. The SMILES string of the molecule is CC(C)(C)NC(=O)CN1CCN(S(=O)(=O)Cc2cc(F)ccc2Cl)CC1. The first-order valence-corrected chi connectivity index (χ1v) is 10.4. The molecule has 1 heterocycles. The van der Waals surface area contributed by atoms with E-state index in [9.17, 15) is 17.6 Å². The van der Waals surface area contributed by atoms with Crippen LogP contribution in [-0.4, -0.2) is 61.8 Å². The minimum absolute atomic E-state index is 0.0830. The molecule has 0 unspecified atom stereocenters. The molecule has 1 aromatic carbocycles. The second-order valence-corrected chi connectivity index (χ2v) is 9.84. The minimum Gasteiger partial charge on any atom is -0.350 e. The van der Waals surface area contributed by atoms with Crippen molar-refractivity contribution >= 4 is 27.5 Å². The van der Waals surface area contributed by atoms with Crippen LogP contribution in [0, 0.1) is 5.82 Å². The van der Waals surface area contributed by atoms with E-state index < -0.39 is 15.8 Å². The van der Waals surface area contributed by atoms with Crippen LogP contribution < -0.4 is 5.32 Å². The Morgan fingerprint density at radius 1 is 1.23 bits per heavy atom. The van der Waals surface area contributed by atoms with Gasteiger partial charge >= 0.3 is 0 Å². The molecule has 0 spiro atoms. The molecule has 1 aromatic rings. The fraction of sp³-hybridized carbons (Fsp3) is 0.588. The zero-order chi connectivity index (χ0) is 19.5. The van der Waals surface area contributed by atoms with Gasteiger partial charge in [0.15, 0.2) is 0 Å². The van der Waals surface area contributed by atoms with Gasteiger partial charge in [-0.1, -0.05) is 11.6 Å². The summed E-state index contributed by atoms with van der Waals surface area (Å²) >= 11 is 5.97. The average Bonchev–Trinajstić information content (AvgIpc) is 2.49. The Morgan fingerprint density at radius 2 is 1.85 bits per heavy atom. The maximum atomic E-state index is 13.3. The molecule has 26 heavy (non-hydrogen) atoms. The van der Waals surface area contributed by atoms with E-state index in [2.05, 4.69) is 5.32 Å². The van der Waals surface area contributed by atoms with Crippen LogP contribution in [0.25, 0.3) is 0 Å². The lowest BCUT2D eigenvalue weighted by Gasteiger charge is -2.34. The highest BCUT2D eigenvalue weighted by Crippen LogP contribution is 2.21. The number of hydrogen-bond acceptors (Lipinski definition) is 4. The van der Waals surface area contributed by atoms with Crippen LogP contribution in [0.5, 0.6) is 0 Å². The average molecular weight is 406 g/mol. The van der Waals surface area contributed by atoms with Crippen molar-refractivity contribution in [3.05, 3.63) is 34.6 Å². The van der Waals surface area contributed by atoms with Crippen molar-refractivity contribution in [1.29, 1.82) is 0 Å².